The summed E-state index contributed by atoms with van der Waals surface area (Å²) in [5, 5.41) is 0. The van der Waals surface area contributed by atoms with Crippen LogP contribution in [0.3, 0.4) is 0 Å². The summed E-state index contributed by atoms with van der Waals surface area (Å²) in [6, 6.07) is 3.85. The van der Waals surface area contributed by atoms with Crippen molar-refractivity contribution in [2.45, 2.75) is 47.0 Å². The number of hydrogen-bond donors (Lipinski definition) is 1. The zero-order valence-electron chi connectivity index (χ0n) is 16.7. The van der Waals surface area contributed by atoms with Crippen molar-refractivity contribution in [1.82, 2.24) is 15.0 Å². The second kappa shape index (κ2) is 7.47. The molecule has 0 atom stereocenters. The lowest BCUT2D eigenvalue weighted by molar-refractivity contribution is 0.415. The Morgan fingerprint density at radius 1 is 1.22 bits per heavy atom. The van der Waals surface area contributed by atoms with Crippen molar-refractivity contribution in [3.8, 4) is 5.75 Å². The maximum Gasteiger partial charge on any atom is 0.166 e. The molecule has 142 valence electrons. The van der Waals surface area contributed by atoms with Crippen molar-refractivity contribution in [3.63, 3.8) is 0 Å². The molecule has 0 radical (unpaired) electrons. The van der Waals surface area contributed by atoms with Crippen LogP contribution in [0, 0.1) is 5.41 Å². The van der Waals surface area contributed by atoms with Crippen molar-refractivity contribution in [3.05, 3.63) is 41.6 Å². The van der Waals surface area contributed by atoms with E-state index in [-0.39, 0.29) is 5.41 Å². The first-order valence-electron chi connectivity index (χ1n) is 9.26. The van der Waals surface area contributed by atoms with Gasteiger partial charge in [-0.25, -0.2) is 15.0 Å². The number of aromatic nitrogens is 3. The number of anilines is 1. The molecule has 6 nitrogen and oxygen atoms in total. The van der Waals surface area contributed by atoms with Crippen LogP contribution < -0.4 is 10.5 Å². The minimum atomic E-state index is -0.0302. The summed E-state index contributed by atoms with van der Waals surface area (Å²) in [5.41, 5.74) is 10.8. The molecule has 0 aromatic carbocycles. The summed E-state index contributed by atoms with van der Waals surface area (Å²) in [4.78, 5) is 18.4. The summed E-state index contributed by atoms with van der Waals surface area (Å²) < 4.78 is 5.35. The predicted octanol–water partition coefficient (Wildman–Crippen LogP) is 4.17. The van der Waals surface area contributed by atoms with E-state index in [2.05, 4.69) is 37.7 Å². The quantitative estimate of drug-likeness (QED) is 0.859. The Hall–Kier alpha value is -2.76. The molecule has 6 heteroatoms. The highest BCUT2D eigenvalue weighted by Gasteiger charge is 2.29. The van der Waals surface area contributed by atoms with Gasteiger partial charge in [-0.05, 0) is 18.6 Å². The first kappa shape index (κ1) is 19.0. The third-order valence-corrected chi connectivity index (χ3v) is 4.61. The van der Waals surface area contributed by atoms with Crippen LogP contribution >= 0.6 is 0 Å². The number of pyridine rings is 1. The van der Waals surface area contributed by atoms with Gasteiger partial charge in [0.1, 0.15) is 5.82 Å². The molecular weight excluding hydrogens is 338 g/mol. The van der Waals surface area contributed by atoms with Gasteiger partial charge in [0.05, 0.1) is 18.5 Å². The van der Waals surface area contributed by atoms with Crippen molar-refractivity contribution >= 4 is 22.8 Å². The van der Waals surface area contributed by atoms with Gasteiger partial charge in [-0.1, -0.05) is 27.7 Å². The number of nitrogen functional groups attached to an aromatic ring is 1. The summed E-state index contributed by atoms with van der Waals surface area (Å²) in [6.07, 6.45) is 6.21. The number of nitrogens with two attached hydrogens (primary N) is 1. The Labute approximate surface area is 160 Å². The second-order valence-corrected chi connectivity index (χ2v) is 7.73. The fourth-order valence-corrected chi connectivity index (χ4v) is 3.04. The first-order valence-corrected chi connectivity index (χ1v) is 9.26. The monoisotopic (exact) mass is 365 g/mol. The Balaban J connectivity index is 2.13. The number of ether oxygens (including phenoxy) is 1. The van der Waals surface area contributed by atoms with Gasteiger partial charge in [0.15, 0.2) is 11.6 Å². The van der Waals surface area contributed by atoms with Crippen LogP contribution in [0.2, 0.25) is 0 Å². The lowest BCUT2D eigenvalue weighted by Gasteiger charge is -2.18. The zero-order valence-corrected chi connectivity index (χ0v) is 16.7. The minimum absolute atomic E-state index is 0.0302. The van der Waals surface area contributed by atoms with Crippen LogP contribution in [0.25, 0.3) is 11.3 Å². The topological polar surface area (TPSA) is 86.3 Å². The molecule has 0 bridgehead atoms. The molecule has 0 saturated heterocycles. The zero-order chi connectivity index (χ0) is 19.6. The molecule has 3 heterocycles. The van der Waals surface area contributed by atoms with Gasteiger partial charge in [-0.15, -0.1) is 0 Å². The molecule has 2 aromatic heterocycles. The molecule has 3 rings (SSSR count). The highest BCUT2D eigenvalue weighted by Crippen LogP contribution is 2.40. The maximum atomic E-state index is 5.89. The van der Waals surface area contributed by atoms with Crippen LogP contribution in [-0.2, 0) is 6.42 Å². The average molecular weight is 365 g/mol. The van der Waals surface area contributed by atoms with Crippen molar-refractivity contribution < 1.29 is 4.74 Å². The molecule has 2 N–H and O–H groups in total. The predicted molar refractivity (Wildman–Crippen MR) is 110 cm³/mol. The van der Waals surface area contributed by atoms with E-state index in [0.717, 1.165) is 53.3 Å². The van der Waals surface area contributed by atoms with Gasteiger partial charge in [0.2, 0.25) is 0 Å². The van der Waals surface area contributed by atoms with E-state index in [0.29, 0.717) is 11.6 Å². The molecule has 0 aliphatic carbocycles. The van der Waals surface area contributed by atoms with E-state index in [9.17, 15) is 0 Å². The van der Waals surface area contributed by atoms with Gasteiger partial charge in [0.25, 0.3) is 0 Å². The van der Waals surface area contributed by atoms with E-state index in [1.165, 1.54) is 0 Å². The average Bonchev–Trinajstić information content (AvgIpc) is 3.08. The summed E-state index contributed by atoms with van der Waals surface area (Å²) in [5.74, 6) is 1.78. The van der Waals surface area contributed by atoms with Crippen molar-refractivity contribution in [1.29, 1.82) is 0 Å². The number of aliphatic imine (C=N–C) groups is 1. The van der Waals surface area contributed by atoms with E-state index >= 15 is 0 Å². The summed E-state index contributed by atoms with van der Waals surface area (Å²) >= 11 is 0. The Kier molecular flexibility index (Phi) is 5.26. The molecule has 0 saturated carbocycles. The molecule has 27 heavy (non-hydrogen) atoms. The van der Waals surface area contributed by atoms with Crippen molar-refractivity contribution in [2.75, 3.05) is 12.8 Å². The number of methoxy groups -OCH3 is 1. The number of nitrogens with zero attached hydrogens (tertiary/aromatic N) is 4. The van der Waals surface area contributed by atoms with Crippen LogP contribution in [0.1, 0.15) is 57.6 Å². The van der Waals surface area contributed by atoms with Gasteiger partial charge in [0, 0.05) is 47.5 Å². The molecule has 0 fully saturated rings. The summed E-state index contributed by atoms with van der Waals surface area (Å²) in [6.45, 7) is 8.66. The fourth-order valence-electron chi connectivity index (χ4n) is 3.04. The standard InChI is InChI=1S/C21H27N5O/c1-6-7-18-23-9-8-15(25-18)14-11-17(21(2,3)4)26-19(14)13-10-16(27-5)20(22)24-12-13/h8-10,12H,6-7,11H2,1-5H3,(H2,22,24). The normalized spacial score (nSPS) is 14.5. The van der Waals surface area contributed by atoms with Crippen LogP contribution in [0.4, 0.5) is 5.82 Å². The van der Waals surface area contributed by atoms with E-state index in [1.54, 1.807) is 13.3 Å². The molecule has 1 aliphatic heterocycles. The number of aryl methyl sites for hydroxylation is 1. The van der Waals surface area contributed by atoms with Crippen LogP contribution in [-0.4, -0.2) is 27.8 Å². The number of hydrogen-bond acceptors (Lipinski definition) is 6. The first-order chi connectivity index (χ1) is 12.8. The lowest BCUT2D eigenvalue weighted by atomic mass is 9.86. The van der Waals surface area contributed by atoms with Crippen LogP contribution in [0.15, 0.2) is 29.5 Å². The van der Waals surface area contributed by atoms with E-state index in [1.807, 2.05) is 18.3 Å². The van der Waals surface area contributed by atoms with Gasteiger partial charge < -0.3 is 10.5 Å². The third-order valence-electron chi connectivity index (χ3n) is 4.61. The van der Waals surface area contributed by atoms with Gasteiger partial charge >= 0.3 is 0 Å². The molecule has 2 aromatic rings. The number of rotatable bonds is 5. The van der Waals surface area contributed by atoms with E-state index < -0.39 is 0 Å². The second-order valence-electron chi connectivity index (χ2n) is 7.73. The lowest BCUT2D eigenvalue weighted by Crippen LogP contribution is -2.18. The Morgan fingerprint density at radius 2 is 2.00 bits per heavy atom. The SMILES string of the molecule is CCCc1nccc(C2=C(c3cnc(N)c(OC)c3)N=C(C(C)(C)C)C2)n1. The smallest absolute Gasteiger partial charge is 0.166 e. The third kappa shape index (κ3) is 3.99. The Morgan fingerprint density at radius 3 is 2.67 bits per heavy atom. The highest BCUT2D eigenvalue weighted by atomic mass is 16.5. The van der Waals surface area contributed by atoms with Gasteiger partial charge in [-0.3, -0.25) is 4.99 Å². The molecule has 0 amide bonds. The van der Waals surface area contributed by atoms with E-state index in [4.69, 9.17) is 20.4 Å². The fraction of sp³-hybridized carbons (Fsp3) is 0.429. The van der Waals surface area contributed by atoms with Crippen molar-refractivity contribution in [2.24, 2.45) is 10.4 Å². The molecular formula is C21H27N5O. The Bertz CT molecular complexity index is 909. The van der Waals surface area contributed by atoms with Crippen LogP contribution in [0.5, 0.6) is 5.75 Å². The highest BCUT2D eigenvalue weighted by molar-refractivity contribution is 6.11. The number of allylic oxidation sites excluding steroid dienone is 1. The summed E-state index contributed by atoms with van der Waals surface area (Å²) in [7, 11) is 1.59. The largest absolute Gasteiger partial charge is 0.493 e. The molecule has 1 aliphatic rings. The minimum Gasteiger partial charge on any atom is -0.493 e. The maximum absolute atomic E-state index is 5.89. The molecule has 0 unspecified atom stereocenters. The van der Waals surface area contributed by atoms with Gasteiger partial charge in [-0.2, -0.15) is 0 Å². The molecule has 0 spiro atoms.